The third-order valence-electron chi connectivity index (χ3n) is 4.73. The summed E-state index contributed by atoms with van der Waals surface area (Å²) >= 11 is 0. The lowest BCUT2D eigenvalue weighted by molar-refractivity contribution is 0.0978. The minimum Gasteiger partial charge on any atom is -0.367 e. The van der Waals surface area contributed by atoms with E-state index in [0.717, 1.165) is 39.0 Å². The summed E-state index contributed by atoms with van der Waals surface area (Å²) in [6.07, 6.45) is 8.84. The van der Waals surface area contributed by atoms with E-state index >= 15 is 0 Å². The molecule has 24 heavy (non-hydrogen) atoms. The lowest BCUT2D eigenvalue weighted by Crippen LogP contribution is -2.43. The molecule has 1 aromatic rings. The number of ketones is 1. The summed E-state index contributed by atoms with van der Waals surface area (Å²) in [4.78, 5) is 14.3. The fourth-order valence-corrected chi connectivity index (χ4v) is 3.23. The molecule has 0 amide bonds. The van der Waals surface area contributed by atoms with Crippen molar-refractivity contribution in [3.63, 3.8) is 0 Å². The van der Waals surface area contributed by atoms with Gasteiger partial charge in [-0.2, -0.15) is 0 Å². The van der Waals surface area contributed by atoms with Crippen molar-refractivity contribution in [2.45, 2.75) is 58.3 Å². The SMILES string of the molecule is CCCCCCCCCC(=O)c1ccc(N2CCNCC2)c(F)c1. The van der Waals surface area contributed by atoms with Crippen LogP contribution in [0.5, 0.6) is 0 Å². The fourth-order valence-electron chi connectivity index (χ4n) is 3.23. The zero-order chi connectivity index (χ0) is 17.2. The summed E-state index contributed by atoms with van der Waals surface area (Å²) in [7, 11) is 0. The van der Waals surface area contributed by atoms with Gasteiger partial charge >= 0.3 is 0 Å². The number of nitrogens with zero attached hydrogens (tertiary/aromatic N) is 1. The number of nitrogens with one attached hydrogen (secondary N) is 1. The maximum atomic E-state index is 14.3. The second-order valence-electron chi connectivity index (χ2n) is 6.70. The van der Waals surface area contributed by atoms with Gasteiger partial charge in [-0.05, 0) is 24.6 Å². The molecular formula is C20H31FN2O. The Kier molecular flexibility index (Phi) is 8.23. The van der Waals surface area contributed by atoms with E-state index in [1.807, 2.05) is 4.90 Å². The fraction of sp³-hybridized carbons (Fsp3) is 0.650. The molecule has 3 nitrogen and oxygen atoms in total. The van der Waals surface area contributed by atoms with E-state index in [1.54, 1.807) is 12.1 Å². The monoisotopic (exact) mass is 334 g/mol. The Morgan fingerprint density at radius 2 is 1.75 bits per heavy atom. The van der Waals surface area contributed by atoms with Gasteiger partial charge in [0, 0.05) is 38.2 Å². The van der Waals surface area contributed by atoms with Gasteiger partial charge in [0.1, 0.15) is 5.82 Å². The number of unbranched alkanes of at least 4 members (excludes halogenated alkanes) is 6. The zero-order valence-electron chi connectivity index (χ0n) is 15.0. The second kappa shape index (κ2) is 10.4. The first-order valence-corrected chi connectivity index (χ1v) is 9.50. The van der Waals surface area contributed by atoms with Crippen molar-refractivity contribution in [1.82, 2.24) is 5.32 Å². The van der Waals surface area contributed by atoms with Gasteiger partial charge in [-0.25, -0.2) is 4.39 Å². The molecule has 1 heterocycles. The van der Waals surface area contributed by atoms with Crippen LogP contribution in [-0.4, -0.2) is 32.0 Å². The number of benzene rings is 1. The topological polar surface area (TPSA) is 32.3 Å². The van der Waals surface area contributed by atoms with Crippen LogP contribution in [0.3, 0.4) is 0 Å². The summed E-state index contributed by atoms with van der Waals surface area (Å²) < 4.78 is 14.3. The Hall–Kier alpha value is -1.42. The highest BCUT2D eigenvalue weighted by molar-refractivity contribution is 5.96. The quantitative estimate of drug-likeness (QED) is 0.503. The first kappa shape index (κ1) is 18.9. The Morgan fingerprint density at radius 1 is 1.08 bits per heavy atom. The Labute approximate surface area is 145 Å². The van der Waals surface area contributed by atoms with Gasteiger partial charge in [0.2, 0.25) is 0 Å². The number of hydrogen-bond acceptors (Lipinski definition) is 3. The smallest absolute Gasteiger partial charge is 0.162 e. The molecule has 0 bridgehead atoms. The van der Waals surface area contributed by atoms with Gasteiger partial charge in [0.15, 0.2) is 5.78 Å². The number of carbonyl (C=O) groups excluding carboxylic acids is 1. The van der Waals surface area contributed by atoms with Crippen molar-refractivity contribution in [2.75, 3.05) is 31.1 Å². The first-order valence-electron chi connectivity index (χ1n) is 9.50. The molecule has 0 atom stereocenters. The molecule has 0 spiro atoms. The van der Waals surface area contributed by atoms with E-state index in [2.05, 4.69) is 12.2 Å². The Bertz CT molecular complexity index is 512. The van der Waals surface area contributed by atoms with Crippen LogP contribution in [0.25, 0.3) is 0 Å². The molecule has 0 aromatic heterocycles. The molecule has 1 aliphatic heterocycles. The predicted molar refractivity (Wildman–Crippen MR) is 98.4 cm³/mol. The van der Waals surface area contributed by atoms with Crippen molar-refractivity contribution in [1.29, 1.82) is 0 Å². The summed E-state index contributed by atoms with van der Waals surface area (Å²) in [5.74, 6) is -0.211. The maximum absolute atomic E-state index is 14.3. The lowest BCUT2D eigenvalue weighted by Gasteiger charge is -2.29. The van der Waals surface area contributed by atoms with Crippen molar-refractivity contribution in [2.24, 2.45) is 0 Å². The number of rotatable bonds is 10. The summed E-state index contributed by atoms with van der Waals surface area (Å²) in [6, 6.07) is 4.96. The standard InChI is InChI=1S/C20H31FN2O/c1-2-3-4-5-6-7-8-9-20(24)17-10-11-19(18(21)16-17)23-14-12-22-13-15-23/h10-11,16,22H,2-9,12-15H2,1H3. The van der Waals surface area contributed by atoms with Crippen molar-refractivity contribution >= 4 is 11.5 Å². The molecule has 1 aliphatic rings. The molecule has 1 N–H and O–H groups in total. The zero-order valence-corrected chi connectivity index (χ0v) is 15.0. The Morgan fingerprint density at radius 3 is 2.42 bits per heavy atom. The molecule has 2 rings (SSSR count). The number of Topliss-reactive ketones (excluding diaryl/α,β-unsaturated/α-hetero) is 1. The van der Waals surface area contributed by atoms with Gasteiger partial charge in [-0.3, -0.25) is 4.79 Å². The molecule has 1 saturated heterocycles. The van der Waals surface area contributed by atoms with Crippen LogP contribution < -0.4 is 10.2 Å². The van der Waals surface area contributed by atoms with E-state index < -0.39 is 0 Å². The van der Waals surface area contributed by atoms with E-state index in [1.165, 1.54) is 38.2 Å². The average Bonchev–Trinajstić information content (AvgIpc) is 2.61. The molecule has 134 valence electrons. The van der Waals surface area contributed by atoms with Gasteiger partial charge in [-0.15, -0.1) is 0 Å². The van der Waals surface area contributed by atoms with Crippen LogP contribution in [0.2, 0.25) is 0 Å². The predicted octanol–water partition coefficient (Wildman–Crippen LogP) is 4.56. The summed E-state index contributed by atoms with van der Waals surface area (Å²) in [5.41, 5.74) is 1.13. The third kappa shape index (κ3) is 5.90. The highest BCUT2D eigenvalue weighted by Crippen LogP contribution is 2.22. The van der Waals surface area contributed by atoms with Crippen LogP contribution in [0, 0.1) is 5.82 Å². The molecule has 0 aliphatic carbocycles. The van der Waals surface area contributed by atoms with Gasteiger partial charge in [-0.1, -0.05) is 45.4 Å². The van der Waals surface area contributed by atoms with E-state index in [4.69, 9.17) is 0 Å². The van der Waals surface area contributed by atoms with Crippen molar-refractivity contribution < 1.29 is 9.18 Å². The van der Waals surface area contributed by atoms with Crippen LogP contribution in [0.1, 0.15) is 68.6 Å². The number of piperazine rings is 1. The summed E-state index contributed by atoms with van der Waals surface area (Å²) in [5, 5.41) is 3.26. The molecule has 0 radical (unpaired) electrons. The van der Waals surface area contributed by atoms with Crippen LogP contribution in [-0.2, 0) is 0 Å². The summed E-state index contributed by atoms with van der Waals surface area (Å²) in [6.45, 7) is 5.58. The number of anilines is 1. The number of halogens is 1. The van der Waals surface area contributed by atoms with E-state index in [9.17, 15) is 9.18 Å². The van der Waals surface area contributed by atoms with Gasteiger partial charge in [0.05, 0.1) is 5.69 Å². The van der Waals surface area contributed by atoms with E-state index in [0.29, 0.717) is 17.7 Å². The normalized spacial score (nSPS) is 14.8. The number of carbonyl (C=O) groups is 1. The second-order valence-corrected chi connectivity index (χ2v) is 6.70. The minimum atomic E-state index is -0.276. The van der Waals surface area contributed by atoms with E-state index in [-0.39, 0.29) is 11.6 Å². The largest absolute Gasteiger partial charge is 0.367 e. The Balaban J connectivity index is 1.77. The molecule has 0 unspecified atom stereocenters. The first-order chi connectivity index (χ1) is 11.7. The highest BCUT2D eigenvalue weighted by atomic mass is 19.1. The highest BCUT2D eigenvalue weighted by Gasteiger charge is 2.16. The molecule has 1 fully saturated rings. The average molecular weight is 334 g/mol. The molecule has 0 saturated carbocycles. The van der Waals surface area contributed by atoms with Crippen LogP contribution in [0.15, 0.2) is 18.2 Å². The van der Waals surface area contributed by atoms with Crippen LogP contribution in [0.4, 0.5) is 10.1 Å². The molecule has 4 heteroatoms. The number of hydrogen-bond donors (Lipinski definition) is 1. The van der Waals surface area contributed by atoms with Crippen molar-refractivity contribution in [3.8, 4) is 0 Å². The minimum absolute atomic E-state index is 0.0642. The van der Waals surface area contributed by atoms with Gasteiger partial charge < -0.3 is 10.2 Å². The molecular weight excluding hydrogens is 303 g/mol. The van der Waals surface area contributed by atoms with Crippen molar-refractivity contribution in [3.05, 3.63) is 29.6 Å². The third-order valence-corrected chi connectivity index (χ3v) is 4.73. The van der Waals surface area contributed by atoms with Crippen LogP contribution >= 0.6 is 0 Å². The lowest BCUT2D eigenvalue weighted by atomic mass is 10.0. The molecule has 1 aromatic carbocycles. The van der Waals surface area contributed by atoms with Gasteiger partial charge in [0.25, 0.3) is 0 Å². The maximum Gasteiger partial charge on any atom is 0.162 e.